The highest BCUT2D eigenvalue weighted by molar-refractivity contribution is 6.35. The number of amides is 2. The zero-order valence-electron chi connectivity index (χ0n) is 21.9. The zero-order valence-corrected chi connectivity index (χ0v) is 23.4. The highest BCUT2D eigenvalue weighted by Gasteiger charge is 2.25. The van der Waals surface area contributed by atoms with E-state index in [4.69, 9.17) is 23.2 Å². The number of nitriles is 1. The molecule has 0 unspecified atom stereocenters. The van der Waals surface area contributed by atoms with Crippen molar-refractivity contribution < 1.29 is 9.59 Å². The predicted molar refractivity (Wildman–Crippen MR) is 157 cm³/mol. The molecule has 2 N–H and O–H groups in total. The maximum Gasteiger partial charge on any atom is 0.244 e. The van der Waals surface area contributed by atoms with Gasteiger partial charge in [0, 0.05) is 34.7 Å². The Labute approximate surface area is 239 Å². The van der Waals surface area contributed by atoms with Crippen molar-refractivity contribution in [2.24, 2.45) is 0 Å². The third kappa shape index (κ3) is 8.06. The van der Waals surface area contributed by atoms with Gasteiger partial charge >= 0.3 is 0 Å². The molecular weight excluding hydrogens is 531 g/mol. The summed E-state index contributed by atoms with van der Waals surface area (Å²) in [4.78, 5) is 28.1. The highest BCUT2D eigenvalue weighted by Crippen LogP contribution is 2.27. The number of halogens is 2. The van der Waals surface area contributed by atoms with E-state index in [-0.39, 0.29) is 24.4 Å². The van der Waals surface area contributed by atoms with Crippen LogP contribution in [0.15, 0.2) is 66.7 Å². The van der Waals surface area contributed by atoms with E-state index in [0.29, 0.717) is 40.3 Å². The molecule has 6 nitrogen and oxygen atoms in total. The van der Waals surface area contributed by atoms with Gasteiger partial charge in [0.15, 0.2) is 0 Å². The second-order valence-electron chi connectivity index (χ2n) is 9.90. The van der Waals surface area contributed by atoms with Gasteiger partial charge < -0.3 is 15.5 Å². The summed E-state index contributed by atoms with van der Waals surface area (Å²) in [5.74, 6) is -0.430. The molecule has 0 bridgehead atoms. The van der Waals surface area contributed by atoms with Gasteiger partial charge in [0.2, 0.25) is 11.8 Å². The van der Waals surface area contributed by atoms with Gasteiger partial charge in [-0.2, -0.15) is 5.26 Å². The number of carbonyl (C=O) groups is 2. The second kappa shape index (κ2) is 13.6. The molecular formula is C31H32Cl2N4O2. The number of hydrogen-bond acceptors (Lipinski definition) is 4. The van der Waals surface area contributed by atoms with Crippen LogP contribution >= 0.6 is 23.2 Å². The zero-order chi connectivity index (χ0) is 27.8. The van der Waals surface area contributed by atoms with Gasteiger partial charge in [-0.3, -0.25) is 9.59 Å². The van der Waals surface area contributed by atoms with Crippen LogP contribution in [0.1, 0.15) is 56.2 Å². The van der Waals surface area contributed by atoms with Crippen LogP contribution in [0.3, 0.4) is 0 Å². The minimum absolute atomic E-state index is 0.0990. The molecule has 1 saturated carbocycles. The number of rotatable bonds is 10. The number of nitrogens with one attached hydrogen (secondary N) is 2. The molecule has 4 rings (SSSR count). The first-order chi connectivity index (χ1) is 18.8. The Morgan fingerprint density at radius 2 is 1.69 bits per heavy atom. The average Bonchev–Trinajstić information content (AvgIpc) is 3.44. The van der Waals surface area contributed by atoms with E-state index >= 15 is 0 Å². The Bertz CT molecular complexity index is 1330. The van der Waals surface area contributed by atoms with Crippen molar-refractivity contribution in [3.05, 3.63) is 87.9 Å². The smallest absolute Gasteiger partial charge is 0.244 e. The van der Waals surface area contributed by atoms with Crippen molar-refractivity contribution in [3.8, 4) is 17.2 Å². The fraction of sp³-hybridized carbons (Fsp3) is 0.323. The molecule has 202 valence electrons. The molecule has 0 heterocycles. The maximum absolute atomic E-state index is 13.4. The fourth-order valence-corrected chi connectivity index (χ4v) is 5.51. The lowest BCUT2D eigenvalue weighted by atomic mass is 9.99. The molecule has 3 aromatic rings. The number of anilines is 1. The summed E-state index contributed by atoms with van der Waals surface area (Å²) in [5, 5.41) is 16.3. The van der Waals surface area contributed by atoms with E-state index in [0.717, 1.165) is 29.5 Å². The normalized spacial score (nSPS) is 14.0. The first-order valence-corrected chi connectivity index (χ1v) is 14.0. The average molecular weight is 564 g/mol. The lowest BCUT2D eigenvalue weighted by Gasteiger charge is -2.30. The summed E-state index contributed by atoms with van der Waals surface area (Å²) in [5.41, 5.74) is 3.89. The molecule has 1 atom stereocenters. The molecule has 0 radical (unpaired) electrons. The number of benzene rings is 3. The minimum Gasteiger partial charge on any atom is -0.327 e. The molecule has 0 aliphatic heterocycles. The molecule has 1 aliphatic carbocycles. The van der Waals surface area contributed by atoms with E-state index in [9.17, 15) is 14.9 Å². The molecule has 1 fully saturated rings. The monoisotopic (exact) mass is 562 g/mol. The van der Waals surface area contributed by atoms with E-state index in [1.54, 1.807) is 29.2 Å². The third-order valence-electron chi connectivity index (χ3n) is 7.09. The third-order valence-corrected chi connectivity index (χ3v) is 7.53. The summed E-state index contributed by atoms with van der Waals surface area (Å²) in [7, 11) is 0. The van der Waals surface area contributed by atoms with E-state index in [2.05, 4.69) is 16.7 Å². The van der Waals surface area contributed by atoms with Crippen LogP contribution in [0.25, 0.3) is 11.1 Å². The van der Waals surface area contributed by atoms with Crippen molar-refractivity contribution >= 4 is 40.7 Å². The van der Waals surface area contributed by atoms with Crippen molar-refractivity contribution in [1.29, 1.82) is 5.26 Å². The quantitative estimate of drug-likeness (QED) is 0.279. The van der Waals surface area contributed by atoms with Gasteiger partial charge in [0.1, 0.15) is 6.54 Å². The van der Waals surface area contributed by atoms with Gasteiger partial charge in [-0.1, -0.05) is 72.4 Å². The molecule has 0 aromatic heterocycles. The van der Waals surface area contributed by atoms with Crippen molar-refractivity contribution in [3.63, 3.8) is 0 Å². The van der Waals surface area contributed by atoms with Gasteiger partial charge in [-0.05, 0) is 66.8 Å². The van der Waals surface area contributed by atoms with E-state index < -0.39 is 0 Å². The Hall–Kier alpha value is -3.37. The number of nitrogens with zero attached hydrogens (tertiary/aromatic N) is 2. The molecule has 39 heavy (non-hydrogen) atoms. The van der Waals surface area contributed by atoms with Crippen LogP contribution in [0.4, 0.5) is 5.69 Å². The van der Waals surface area contributed by atoms with Crippen LogP contribution in [0.5, 0.6) is 0 Å². The van der Waals surface area contributed by atoms with Gasteiger partial charge in [-0.25, -0.2) is 0 Å². The van der Waals surface area contributed by atoms with Gasteiger partial charge in [0.05, 0.1) is 17.7 Å². The van der Waals surface area contributed by atoms with Crippen LogP contribution in [0.2, 0.25) is 10.0 Å². The standard InChI is InChI=1S/C31H32Cl2N4O2/c1-21(23-9-11-24(12-10-23)25-6-4-5-22(15-25)19-34)37(31(39)13-14-35-28-7-2-3-8-28)20-30(38)36-29-17-26(32)16-27(33)18-29/h4-6,9-12,15-18,21,28,35H,2-3,7-8,13-14,20H2,1H3,(H,36,38)/t21-/m0/s1. The number of carbonyl (C=O) groups excluding carboxylic acids is 2. The largest absolute Gasteiger partial charge is 0.327 e. The molecule has 0 saturated heterocycles. The maximum atomic E-state index is 13.4. The topological polar surface area (TPSA) is 85.2 Å². The highest BCUT2D eigenvalue weighted by atomic mass is 35.5. The second-order valence-corrected chi connectivity index (χ2v) is 10.8. The minimum atomic E-state index is -0.336. The van der Waals surface area contributed by atoms with Gasteiger partial charge in [-0.15, -0.1) is 0 Å². The van der Waals surface area contributed by atoms with E-state index in [1.807, 2.05) is 49.4 Å². The fourth-order valence-electron chi connectivity index (χ4n) is 4.98. The lowest BCUT2D eigenvalue weighted by Crippen LogP contribution is -2.41. The summed E-state index contributed by atoms with van der Waals surface area (Å²) >= 11 is 12.2. The van der Waals surface area contributed by atoms with Crippen LogP contribution in [-0.2, 0) is 9.59 Å². The summed E-state index contributed by atoms with van der Waals surface area (Å²) < 4.78 is 0. The Balaban J connectivity index is 1.49. The van der Waals surface area contributed by atoms with Crippen LogP contribution < -0.4 is 10.6 Å². The molecule has 8 heteroatoms. The summed E-state index contributed by atoms with van der Waals surface area (Å²) in [6.45, 7) is 2.39. The first kappa shape index (κ1) is 28.6. The predicted octanol–water partition coefficient (Wildman–Crippen LogP) is 6.98. The Morgan fingerprint density at radius 1 is 1.00 bits per heavy atom. The summed E-state index contributed by atoms with van der Waals surface area (Å²) in [6.07, 6.45) is 5.03. The SMILES string of the molecule is C[C@@H](c1ccc(-c2cccc(C#N)c2)cc1)N(CC(=O)Nc1cc(Cl)cc(Cl)c1)C(=O)CCNC1CCCC1. The molecule has 0 spiro atoms. The lowest BCUT2D eigenvalue weighted by molar-refractivity contribution is -0.136. The molecule has 3 aromatic carbocycles. The van der Waals surface area contributed by atoms with E-state index in [1.165, 1.54) is 12.8 Å². The molecule has 2 amide bonds. The Kier molecular flexibility index (Phi) is 10.00. The molecule has 1 aliphatic rings. The van der Waals surface area contributed by atoms with Crippen molar-refractivity contribution in [1.82, 2.24) is 10.2 Å². The summed E-state index contributed by atoms with van der Waals surface area (Å²) in [6, 6.07) is 22.4. The first-order valence-electron chi connectivity index (χ1n) is 13.2. The number of hydrogen-bond donors (Lipinski definition) is 2. The van der Waals surface area contributed by atoms with Crippen LogP contribution in [-0.4, -0.2) is 35.8 Å². The van der Waals surface area contributed by atoms with Crippen LogP contribution in [0, 0.1) is 11.3 Å². The van der Waals surface area contributed by atoms with Crippen molar-refractivity contribution in [2.45, 2.75) is 51.1 Å². The Morgan fingerprint density at radius 3 is 2.36 bits per heavy atom. The van der Waals surface area contributed by atoms with Gasteiger partial charge in [0.25, 0.3) is 0 Å². The van der Waals surface area contributed by atoms with Crippen molar-refractivity contribution in [2.75, 3.05) is 18.4 Å².